The summed E-state index contributed by atoms with van der Waals surface area (Å²) in [5, 5.41) is 12.6. The van der Waals surface area contributed by atoms with Crippen LogP contribution in [-0.4, -0.2) is 24.9 Å². The number of hydrogen-bond donors (Lipinski definition) is 2. The van der Waals surface area contributed by atoms with Crippen molar-refractivity contribution in [2.75, 3.05) is 13.7 Å². The fourth-order valence-electron chi connectivity index (χ4n) is 1.58. The number of rotatable bonds is 6. The van der Waals surface area contributed by atoms with Crippen LogP contribution in [0.2, 0.25) is 0 Å². The van der Waals surface area contributed by atoms with Gasteiger partial charge < -0.3 is 15.2 Å². The zero-order chi connectivity index (χ0) is 12.8. The van der Waals surface area contributed by atoms with Crippen molar-refractivity contribution < 1.29 is 9.84 Å². The Hall–Kier alpha value is -0.580. The number of ether oxygens (including phenoxy) is 1. The first-order chi connectivity index (χ1) is 8.08. The molecule has 0 radical (unpaired) electrons. The SMILES string of the molecule is COc1ccc(CN[C@H](CO)C(C)C)cc1Br. The van der Waals surface area contributed by atoms with Gasteiger partial charge in [-0.25, -0.2) is 0 Å². The zero-order valence-electron chi connectivity index (χ0n) is 10.5. The average Bonchev–Trinajstić information content (AvgIpc) is 2.29. The molecule has 1 atom stereocenters. The van der Waals surface area contributed by atoms with Crippen molar-refractivity contribution in [2.24, 2.45) is 5.92 Å². The summed E-state index contributed by atoms with van der Waals surface area (Å²) in [7, 11) is 1.65. The van der Waals surface area contributed by atoms with Gasteiger partial charge in [-0.2, -0.15) is 0 Å². The summed E-state index contributed by atoms with van der Waals surface area (Å²) in [5.74, 6) is 1.25. The predicted molar refractivity (Wildman–Crippen MR) is 73.2 cm³/mol. The van der Waals surface area contributed by atoms with Crippen LogP contribution in [0.5, 0.6) is 5.75 Å². The highest BCUT2D eigenvalue weighted by molar-refractivity contribution is 9.10. The molecule has 0 saturated heterocycles. The highest BCUT2D eigenvalue weighted by atomic mass is 79.9. The van der Waals surface area contributed by atoms with E-state index in [1.165, 1.54) is 0 Å². The molecular formula is C13H20BrNO2. The Balaban J connectivity index is 2.60. The monoisotopic (exact) mass is 301 g/mol. The maximum absolute atomic E-state index is 9.22. The van der Waals surface area contributed by atoms with Gasteiger partial charge in [0.1, 0.15) is 5.75 Å². The van der Waals surface area contributed by atoms with Crippen LogP contribution in [0.1, 0.15) is 19.4 Å². The normalized spacial score (nSPS) is 12.8. The molecule has 0 aromatic heterocycles. The van der Waals surface area contributed by atoms with Gasteiger partial charge in [0.05, 0.1) is 18.2 Å². The van der Waals surface area contributed by atoms with Crippen molar-refractivity contribution >= 4 is 15.9 Å². The van der Waals surface area contributed by atoms with Gasteiger partial charge in [0, 0.05) is 12.6 Å². The number of aliphatic hydroxyl groups is 1. The molecule has 2 N–H and O–H groups in total. The summed E-state index contributed by atoms with van der Waals surface area (Å²) >= 11 is 3.46. The van der Waals surface area contributed by atoms with Crippen molar-refractivity contribution in [2.45, 2.75) is 26.4 Å². The Morgan fingerprint density at radius 3 is 2.59 bits per heavy atom. The minimum Gasteiger partial charge on any atom is -0.496 e. The number of benzene rings is 1. The molecule has 0 heterocycles. The molecule has 4 heteroatoms. The summed E-state index contributed by atoms with van der Waals surface area (Å²) in [4.78, 5) is 0. The van der Waals surface area contributed by atoms with E-state index < -0.39 is 0 Å². The Kier molecular flexibility index (Phi) is 5.95. The molecule has 0 spiro atoms. The molecule has 0 amide bonds. The fourth-order valence-corrected chi connectivity index (χ4v) is 2.17. The Labute approximate surface area is 111 Å². The van der Waals surface area contributed by atoms with Crippen LogP contribution in [0.15, 0.2) is 22.7 Å². The van der Waals surface area contributed by atoms with Gasteiger partial charge in [0.25, 0.3) is 0 Å². The van der Waals surface area contributed by atoms with Crippen LogP contribution < -0.4 is 10.1 Å². The van der Waals surface area contributed by atoms with Crippen LogP contribution in [0.25, 0.3) is 0 Å². The lowest BCUT2D eigenvalue weighted by molar-refractivity contribution is 0.210. The summed E-state index contributed by atoms with van der Waals surface area (Å²) in [6.07, 6.45) is 0. The molecule has 0 unspecified atom stereocenters. The smallest absolute Gasteiger partial charge is 0.133 e. The highest BCUT2D eigenvalue weighted by Crippen LogP contribution is 2.25. The number of nitrogens with one attached hydrogen (secondary N) is 1. The van der Waals surface area contributed by atoms with E-state index in [4.69, 9.17) is 4.74 Å². The first-order valence-corrected chi connectivity index (χ1v) is 6.54. The first-order valence-electron chi connectivity index (χ1n) is 5.75. The average molecular weight is 302 g/mol. The van der Waals surface area contributed by atoms with Gasteiger partial charge in [-0.15, -0.1) is 0 Å². The summed E-state index contributed by atoms with van der Waals surface area (Å²) < 4.78 is 6.13. The van der Waals surface area contributed by atoms with Crippen molar-refractivity contribution in [1.29, 1.82) is 0 Å². The van der Waals surface area contributed by atoms with E-state index in [0.29, 0.717) is 5.92 Å². The number of methoxy groups -OCH3 is 1. The molecule has 1 rings (SSSR count). The molecule has 17 heavy (non-hydrogen) atoms. The highest BCUT2D eigenvalue weighted by Gasteiger charge is 2.11. The number of aliphatic hydroxyl groups excluding tert-OH is 1. The maximum atomic E-state index is 9.22. The largest absolute Gasteiger partial charge is 0.496 e. The maximum Gasteiger partial charge on any atom is 0.133 e. The van der Waals surface area contributed by atoms with Crippen molar-refractivity contribution in [3.8, 4) is 5.75 Å². The van der Waals surface area contributed by atoms with Gasteiger partial charge >= 0.3 is 0 Å². The lowest BCUT2D eigenvalue weighted by atomic mass is 10.1. The van der Waals surface area contributed by atoms with Crippen LogP contribution in [-0.2, 0) is 6.54 Å². The van der Waals surface area contributed by atoms with Gasteiger partial charge in [-0.05, 0) is 39.5 Å². The third-order valence-corrected chi connectivity index (χ3v) is 3.41. The van der Waals surface area contributed by atoms with Crippen molar-refractivity contribution in [3.05, 3.63) is 28.2 Å². The Morgan fingerprint density at radius 2 is 2.12 bits per heavy atom. The van der Waals surface area contributed by atoms with E-state index in [2.05, 4.69) is 35.1 Å². The second-order valence-corrected chi connectivity index (χ2v) is 5.24. The Bertz CT molecular complexity index is 355. The van der Waals surface area contributed by atoms with E-state index >= 15 is 0 Å². The van der Waals surface area contributed by atoms with E-state index in [-0.39, 0.29) is 12.6 Å². The molecule has 0 aliphatic carbocycles. The quantitative estimate of drug-likeness (QED) is 0.848. The van der Waals surface area contributed by atoms with Gasteiger partial charge in [0.15, 0.2) is 0 Å². The van der Waals surface area contributed by atoms with Crippen LogP contribution in [0, 0.1) is 5.92 Å². The third-order valence-electron chi connectivity index (χ3n) is 2.79. The molecule has 3 nitrogen and oxygen atoms in total. The summed E-state index contributed by atoms with van der Waals surface area (Å²) in [6.45, 7) is 5.09. The lowest BCUT2D eigenvalue weighted by Gasteiger charge is -2.20. The van der Waals surface area contributed by atoms with Gasteiger partial charge in [-0.1, -0.05) is 19.9 Å². The van der Waals surface area contributed by atoms with Crippen LogP contribution in [0.4, 0.5) is 0 Å². The molecule has 0 bridgehead atoms. The Morgan fingerprint density at radius 1 is 1.41 bits per heavy atom. The molecular weight excluding hydrogens is 282 g/mol. The van der Waals surface area contributed by atoms with E-state index in [1.807, 2.05) is 18.2 Å². The van der Waals surface area contributed by atoms with Gasteiger partial charge in [0.2, 0.25) is 0 Å². The topological polar surface area (TPSA) is 41.5 Å². The van der Waals surface area contributed by atoms with E-state index in [9.17, 15) is 5.11 Å². The van der Waals surface area contributed by atoms with Crippen LogP contribution in [0.3, 0.4) is 0 Å². The molecule has 0 aliphatic rings. The van der Waals surface area contributed by atoms with E-state index in [0.717, 1.165) is 22.3 Å². The second-order valence-electron chi connectivity index (χ2n) is 4.38. The van der Waals surface area contributed by atoms with Crippen LogP contribution >= 0.6 is 15.9 Å². The van der Waals surface area contributed by atoms with Gasteiger partial charge in [-0.3, -0.25) is 0 Å². The minimum atomic E-state index is 0.135. The zero-order valence-corrected chi connectivity index (χ0v) is 12.1. The van der Waals surface area contributed by atoms with Crippen molar-refractivity contribution in [3.63, 3.8) is 0 Å². The molecule has 1 aromatic carbocycles. The standard InChI is InChI=1S/C13H20BrNO2/c1-9(2)12(8-16)15-7-10-4-5-13(17-3)11(14)6-10/h4-6,9,12,15-16H,7-8H2,1-3H3/t12-/m1/s1. The van der Waals surface area contributed by atoms with Crippen molar-refractivity contribution in [1.82, 2.24) is 5.32 Å². The fraction of sp³-hybridized carbons (Fsp3) is 0.538. The number of halogens is 1. The molecule has 96 valence electrons. The summed E-state index contributed by atoms with van der Waals surface area (Å²) in [6, 6.07) is 6.12. The molecule has 0 saturated carbocycles. The molecule has 1 aromatic rings. The second kappa shape index (κ2) is 6.99. The predicted octanol–water partition coefficient (Wildman–Crippen LogP) is 2.56. The molecule has 0 fully saturated rings. The third kappa shape index (κ3) is 4.30. The van der Waals surface area contributed by atoms with E-state index in [1.54, 1.807) is 7.11 Å². The number of hydrogen-bond acceptors (Lipinski definition) is 3. The molecule has 0 aliphatic heterocycles. The minimum absolute atomic E-state index is 0.135. The lowest BCUT2D eigenvalue weighted by Crippen LogP contribution is -2.36. The summed E-state index contributed by atoms with van der Waals surface area (Å²) in [5.41, 5.74) is 1.16. The first kappa shape index (κ1) is 14.5.